The van der Waals surface area contributed by atoms with Crippen LogP contribution in [0.5, 0.6) is 0 Å². The zero-order valence-corrected chi connectivity index (χ0v) is 17.0. The molecular formula is C23H23FN4O3. The van der Waals surface area contributed by atoms with E-state index in [2.05, 4.69) is 0 Å². The lowest BCUT2D eigenvalue weighted by atomic mass is 10.1. The molecule has 3 heterocycles. The maximum Gasteiger partial charge on any atom is 0.242 e. The molecule has 7 nitrogen and oxygen atoms in total. The molecule has 2 fully saturated rings. The third-order valence-corrected chi connectivity index (χ3v) is 5.97. The van der Waals surface area contributed by atoms with Crippen LogP contribution in [0.4, 0.5) is 10.1 Å². The summed E-state index contributed by atoms with van der Waals surface area (Å²) in [6, 6.07) is 13.6. The Balaban J connectivity index is 1.45. The van der Waals surface area contributed by atoms with Gasteiger partial charge in [-0.15, -0.1) is 0 Å². The van der Waals surface area contributed by atoms with E-state index in [0.29, 0.717) is 45.0 Å². The quantitative estimate of drug-likeness (QED) is 0.648. The number of fused-ring (bicyclic) bond motifs is 1. The fraction of sp³-hybridized carbons (Fsp3) is 0.348. The standard InChI is InChI=1S/C23H23FN4O3/c24-17-5-7-18(8-6-17)27-14-16(13-21(27)29)23-25-19-3-1-2-4-20(19)28(23)15-22(30)26-9-11-31-12-10-26/h1-8,16H,9-15H2. The monoisotopic (exact) mass is 422 g/mol. The molecule has 5 rings (SSSR count). The van der Waals surface area contributed by atoms with Crippen LogP contribution in [0.3, 0.4) is 0 Å². The molecule has 2 saturated heterocycles. The van der Waals surface area contributed by atoms with Crippen molar-refractivity contribution in [2.45, 2.75) is 18.9 Å². The molecule has 2 aliphatic heterocycles. The molecular weight excluding hydrogens is 399 g/mol. The predicted octanol–water partition coefficient (Wildman–Crippen LogP) is 2.55. The van der Waals surface area contributed by atoms with E-state index in [1.54, 1.807) is 17.0 Å². The van der Waals surface area contributed by atoms with E-state index >= 15 is 0 Å². The molecule has 31 heavy (non-hydrogen) atoms. The number of halogens is 1. The topological polar surface area (TPSA) is 67.7 Å². The van der Waals surface area contributed by atoms with Crippen LogP contribution in [-0.2, 0) is 20.9 Å². The summed E-state index contributed by atoms with van der Waals surface area (Å²) < 4.78 is 20.6. The Bertz CT molecular complexity index is 1120. The molecule has 0 saturated carbocycles. The van der Waals surface area contributed by atoms with Crippen LogP contribution in [0.2, 0.25) is 0 Å². The molecule has 1 atom stereocenters. The molecule has 2 aliphatic rings. The molecule has 2 amide bonds. The van der Waals surface area contributed by atoms with Crippen molar-refractivity contribution < 1.29 is 18.7 Å². The van der Waals surface area contributed by atoms with E-state index in [1.807, 2.05) is 33.7 Å². The van der Waals surface area contributed by atoms with Crippen LogP contribution >= 0.6 is 0 Å². The Hall–Kier alpha value is -3.26. The molecule has 2 aromatic carbocycles. The first-order valence-corrected chi connectivity index (χ1v) is 10.5. The van der Waals surface area contributed by atoms with Gasteiger partial charge in [-0.1, -0.05) is 12.1 Å². The van der Waals surface area contributed by atoms with Crippen molar-refractivity contribution in [1.29, 1.82) is 0 Å². The van der Waals surface area contributed by atoms with Crippen molar-refractivity contribution in [3.05, 3.63) is 60.2 Å². The summed E-state index contributed by atoms with van der Waals surface area (Å²) in [6.45, 7) is 2.89. The molecule has 0 radical (unpaired) electrons. The third-order valence-electron chi connectivity index (χ3n) is 5.97. The lowest BCUT2D eigenvalue weighted by Gasteiger charge is -2.27. The molecule has 1 unspecified atom stereocenters. The molecule has 8 heteroatoms. The van der Waals surface area contributed by atoms with Crippen LogP contribution in [0.1, 0.15) is 18.2 Å². The molecule has 1 aromatic heterocycles. The van der Waals surface area contributed by atoms with Crippen LogP contribution in [0, 0.1) is 5.82 Å². The van der Waals surface area contributed by atoms with Gasteiger partial charge in [0.2, 0.25) is 11.8 Å². The maximum atomic E-state index is 13.3. The highest BCUT2D eigenvalue weighted by Crippen LogP contribution is 2.33. The van der Waals surface area contributed by atoms with Crippen molar-refractivity contribution in [2.75, 3.05) is 37.7 Å². The number of ether oxygens (including phenoxy) is 1. The SMILES string of the molecule is O=C(Cn1c(C2CC(=O)N(c3ccc(F)cc3)C2)nc2ccccc21)N1CCOCC1. The van der Waals surface area contributed by atoms with Crippen molar-refractivity contribution in [3.8, 4) is 0 Å². The number of anilines is 1. The summed E-state index contributed by atoms with van der Waals surface area (Å²) >= 11 is 0. The number of carbonyl (C=O) groups excluding carboxylic acids is 2. The summed E-state index contributed by atoms with van der Waals surface area (Å²) in [4.78, 5) is 34.0. The Labute approximate surface area is 179 Å². The van der Waals surface area contributed by atoms with Crippen molar-refractivity contribution in [2.24, 2.45) is 0 Å². The lowest BCUT2D eigenvalue weighted by molar-refractivity contribution is -0.135. The number of rotatable bonds is 4. The van der Waals surface area contributed by atoms with Crippen LogP contribution in [-0.4, -0.2) is 59.1 Å². The fourth-order valence-electron chi connectivity index (χ4n) is 4.37. The second-order valence-corrected chi connectivity index (χ2v) is 7.92. The van der Waals surface area contributed by atoms with Gasteiger partial charge in [-0.05, 0) is 36.4 Å². The van der Waals surface area contributed by atoms with Gasteiger partial charge in [0.25, 0.3) is 0 Å². The van der Waals surface area contributed by atoms with E-state index in [0.717, 1.165) is 16.9 Å². The highest BCUT2D eigenvalue weighted by atomic mass is 19.1. The summed E-state index contributed by atoms with van der Waals surface area (Å²) in [7, 11) is 0. The second-order valence-electron chi connectivity index (χ2n) is 7.92. The van der Waals surface area contributed by atoms with Gasteiger partial charge in [-0.3, -0.25) is 9.59 Å². The second kappa shape index (κ2) is 8.11. The minimum atomic E-state index is -0.338. The summed E-state index contributed by atoms with van der Waals surface area (Å²) in [5, 5.41) is 0. The minimum absolute atomic E-state index is 0.0208. The normalized spacial score (nSPS) is 19.4. The molecule has 0 N–H and O–H groups in total. The maximum absolute atomic E-state index is 13.3. The zero-order valence-electron chi connectivity index (χ0n) is 17.0. The minimum Gasteiger partial charge on any atom is -0.378 e. The van der Waals surface area contributed by atoms with E-state index < -0.39 is 0 Å². The summed E-state index contributed by atoms with van der Waals surface area (Å²) in [5.74, 6) is 0.237. The third kappa shape index (κ3) is 3.79. The van der Waals surface area contributed by atoms with Crippen LogP contribution in [0.25, 0.3) is 11.0 Å². The van der Waals surface area contributed by atoms with Crippen molar-refractivity contribution in [1.82, 2.24) is 14.5 Å². The number of morpholine rings is 1. The summed E-state index contributed by atoms with van der Waals surface area (Å²) in [5.41, 5.74) is 2.35. The van der Waals surface area contributed by atoms with Gasteiger partial charge in [0, 0.05) is 37.7 Å². The molecule has 0 bridgehead atoms. The number of para-hydroxylation sites is 2. The molecule has 3 aromatic rings. The van der Waals surface area contributed by atoms with Crippen molar-refractivity contribution in [3.63, 3.8) is 0 Å². The van der Waals surface area contributed by atoms with Crippen LogP contribution < -0.4 is 4.90 Å². The zero-order chi connectivity index (χ0) is 21.4. The Morgan fingerprint density at radius 1 is 1.10 bits per heavy atom. The van der Waals surface area contributed by atoms with Crippen LogP contribution in [0.15, 0.2) is 48.5 Å². The van der Waals surface area contributed by atoms with Gasteiger partial charge >= 0.3 is 0 Å². The number of hydrogen-bond donors (Lipinski definition) is 0. The van der Waals surface area contributed by atoms with Gasteiger partial charge in [0.15, 0.2) is 0 Å². The average molecular weight is 422 g/mol. The number of benzene rings is 2. The van der Waals surface area contributed by atoms with E-state index in [1.165, 1.54) is 12.1 Å². The Morgan fingerprint density at radius 3 is 2.61 bits per heavy atom. The number of hydrogen-bond acceptors (Lipinski definition) is 4. The van der Waals surface area contributed by atoms with E-state index in [4.69, 9.17) is 9.72 Å². The van der Waals surface area contributed by atoms with Gasteiger partial charge in [0.05, 0.1) is 24.2 Å². The Morgan fingerprint density at radius 2 is 1.84 bits per heavy atom. The van der Waals surface area contributed by atoms with Gasteiger partial charge in [-0.25, -0.2) is 9.37 Å². The average Bonchev–Trinajstić information content (AvgIpc) is 3.35. The first-order valence-electron chi connectivity index (χ1n) is 10.5. The van der Waals surface area contributed by atoms with E-state index in [-0.39, 0.29) is 30.1 Å². The van der Waals surface area contributed by atoms with Gasteiger partial charge < -0.3 is 19.1 Å². The molecule has 160 valence electrons. The number of carbonyl (C=O) groups is 2. The predicted molar refractivity (Wildman–Crippen MR) is 113 cm³/mol. The van der Waals surface area contributed by atoms with Gasteiger partial charge in [-0.2, -0.15) is 0 Å². The number of imidazole rings is 1. The largest absolute Gasteiger partial charge is 0.378 e. The lowest BCUT2D eigenvalue weighted by Crippen LogP contribution is -2.42. The first kappa shape index (κ1) is 19.7. The highest BCUT2D eigenvalue weighted by Gasteiger charge is 2.35. The van der Waals surface area contributed by atoms with Gasteiger partial charge in [0.1, 0.15) is 18.2 Å². The van der Waals surface area contributed by atoms with E-state index in [9.17, 15) is 14.0 Å². The number of aromatic nitrogens is 2. The molecule has 0 spiro atoms. The highest BCUT2D eigenvalue weighted by molar-refractivity contribution is 5.96. The fourth-order valence-corrected chi connectivity index (χ4v) is 4.37. The van der Waals surface area contributed by atoms with Crippen molar-refractivity contribution >= 4 is 28.5 Å². The smallest absolute Gasteiger partial charge is 0.242 e. The Kier molecular flexibility index (Phi) is 5.15. The number of amides is 2. The molecule has 0 aliphatic carbocycles. The number of nitrogens with zero attached hydrogens (tertiary/aromatic N) is 4. The first-order chi connectivity index (χ1) is 15.1. The summed E-state index contributed by atoms with van der Waals surface area (Å²) in [6.07, 6.45) is 0.298.